The number of benzene rings is 1. The molecule has 1 saturated heterocycles. The SMILES string of the molecule is CNC(=O)CNc1nc(Cl)nc(Cl)c1Cc1ccc(Br)cc1N1CCOCC1. The van der Waals surface area contributed by atoms with Gasteiger partial charge in [0, 0.05) is 42.3 Å². The Hall–Kier alpha value is -1.61. The van der Waals surface area contributed by atoms with Crippen molar-refractivity contribution in [3.05, 3.63) is 44.2 Å². The quantitative estimate of drug-likeness (QED) is 0.480. The Labute approximate surface area is 181 Å². The number of hydrogen-bond donors (Lipinski definition) is 2. The molecule has 28 heavy (non-hydrogen) atoms. The highest BCUT2D eigenvalue weighted by molar-refractivity contribution is 9.10. The number of halogens is 3. The second-order valence-electron chi connectivity index (χ2n) is 6.19. The van der Waals surface area contributed by atoms with Gasteiger partial charge in [0.2, 0.25) is 11.2 Å². The van der Waals surface area contributed by atoms with E-state index in [-0.39, 0.29) is 22.9 Å². The van der Waals surface area contributed by atoms with Crippen LogP contribution in [0.25, 0.3) is 0 Å². The van der Waals surface area contributed by atoms with Gasteiger partial charge in [0.1, 0.15) is 11.0 Å². The van der Waals surface area contributed by atoms with Crippen LogP contribution in [0.5, 0.6) is 0 Å². The van der Waals surface area contributed by atoms with E-state index in [9.17, 15) is 4.79 Å². The Morgan fingerprint density at radius 2 is 2.04 bits per heavy atom. The number of anilines is 2. The van der Waals surface area contributed by atoms with Crippen molar-refractivity contribution in [2.45, 2.75) is 6.42 Å². The predicted octanol–water partition coefficient (Wildman–Crippen LogP) is 3.13. The van der Waals surface area contributed by atoms with Crippen molar-refractivity contribution in [1.82, 2.24) is 15.3 Å². The maximum atomic E-state index is 11.6. The van der Waals surface area contributed by atoms with Gasteiger partial charge in [-0.1, -0.05) is 33.6 Å². The molecule has 0 saturated carbocycles. The molecular formula is C18H20BrCl2N5O2. The summed E-state index contributed by atoms with van der Waals surface area (Å²) in [4.78, 5) is 22.2. The fourth-order valence-corrected chi connectivity index (χ4v) is 3.76. The number of rotatable bonds is 6. The third-order valence-corrected chi connectivity index (χ3v) is 5.37. The molecule has 2 aromatic rings. The van der Waals surface area contributed by atoms with E-state index in [4.69, 9.17) is 27.9 Å². The molecule has 0 unspecified atom stereocenters. The van der Waals surface area contributed by atoms with Crippen LogP contribution < -0.4 is 15.5 Å². The molecule has 1 fully saturated rings. The van der Waals surface area contributed by atoms with Gasteiger partial charge in [0.15, 0.2) is 0 Å². The highest BCUT2D eigenvalue weighted by atomic mass is 79.9. The molecule has 150 valence electrons. The first kappa shape index (κ1) is 21.1. The molecule has 3 rings (SSSR count). The minimum absolute atomic E-state index is 0.0253. The summed E-state index contributed by atoms with van der Waals surface area (Å²) >= 11 is 15.9. The van der Waals surface area contributed by atoms with Crippen molar-refractivity contribution in [3.8, 4) is 0 Å². The molecule has 1 aromatic carbocycles. The maximum absolute atomic E-state index is 11.6. The second kappa shape index (κ2) is 9.73. The molecule has 10 heteroatoms. The highest BCUT2D eigenvalue weighted by Gasteiger charge is 2.19. The van der Waals surface area contributed by atoms with Crippen molar-refractivity contribution in [3.63, 3.8) is 0 Å². The number of ether oxygens (including phenoxy) is 1. The summed E-state index contributed by atoms with van der Waals surface area (Å²) in [6.45, 7) is 3.07. The molecule has 2 heterocycles. The molecule has 1 aliphatic heterocycles. The van der Waals surface area contributed by atoms with Gasteiger partial charge in [-0.2, -0.15) is 0 Å². The average Bonchev–Trinajstić information content (AvgIpc) is 2.69. The normalized spacial score (nSPS) is 14.1. The first-order valence-electron chi connectivity index (χ1n) is 8.75. The lowest BCUT2D eigenvalue weighted by atomic mass is 10.0. The van der Waals surface area contributed by atoms with E-state index in [1.165, 1.54) is 0 Å². The van der Waals surface area contributed by atoms with Gasteiger partial charge in [0.25, 0.3) is 0 Å². The van der Waals surface area contributed by atoms with E-state index in [2.05, 4.69) is 47.5 Å². The number of hydrogen-bond acceptors (Lipinski definition) is 6. The molecule has 0 atom stereocenters. The van der Waals surface area contributed by atoms with Crippen LogP contribution in [-0.4, -0.2) is 55.8 Å². The van der Waals surface area contributed by atoms with E-state index in [0.717, 1.165) is 28.8 Å². The van der Waals surface area contributed by atoms with Crippen LogP contribution in [0.15, 0.2) is 22.7 Å². The molecule has 0 bridgehead atoms. The maximum Gasteiger partial charge on any atom is 0.239 e. The van der Waals surface area contributed by atoms with Crippen LogP contribution in [0.1, 0.15) is 11.1 Å². The van der Waals surface area contributed by atoms with Crippen molar-refractivity contribution in [2.75, 3.05) is 50.1 Å². The summed E-state index contributed by atoms with van der Waals surface area (Å²) in [6.07, 6.45) is 0.492. The van der Waals surface area contributed by atoms with Gasteiger partial charge in [-0.3, -0.25) is 4.79 Å². The van der Waals surface area contributed by atoms with Gasteiger partial charge >= 0.3 is 0 Å². The molecule has 0 radical (unpaired) electrons. The van der Waals surface area contributed by atoms with Gasteiger partial charge < -0.3 is 20.3 Å². The molecule has 2 N–H and O–H groups in total. The van der Waals surface area contributed by atoms with E-state index >= 15 is 0 Å². The van der Waals surface area contributed by atoms with Crippen LogP contribution in [0.3, 0.4) is 0 Å². The molecule has 1 aromatic heterocycles. The number of nitrogens with zero attached hydrogens (tertiary/aromatic N) is 3. The topological polar surface area (TPSA) is 79.4 Å². The zero-order valence-corrected chi connectivity index (χ0v) is 18.4. The molecule has 0 aliphatic carbocycles. The lowest BCUT2D eigenvalue weighted by molar-refractivity contribution is -0.118. The Morgan fingerprint density at radius 1 is 1.29 bits per heavy atom. The summed E-state index contributed by atoms with van der Waals surface area (Å²) < 4.78 is 6.46. The van der Waals surface area contributed by atoms with Crippen LogP contribution in [-0.2, 0) is 16.0 Å². The van der Waals surface area contributed by atoms with E-state index in [1.807, 2.05) is 12.1 Å². The fourth-order valence-electron chi connectivity index (χ4n) is 2.96. The number of amides is 1. The van der Waals surface area contributed by atoms with Gasteiger partial charge in [0.05, 0.1) is 19.8 Å². The van der Waals surface area contributed by atoms with Crippen molar-refractivity contribution < 1.29 is 9.53 Å². The summed E-state index contributed by atoms with van der Waals surface area (Å²) in [5, 5.41) is 5.84. The number of carbonyl (C=O) groups excluding carboxylic acids is 1. The summed E-state index contributed by atoms with van der Waals surface area (Å²) in [6, 6.07) is 6.12. The zero-order chi connectivity index (χ0) is 20.1. The predicted molar refractivity (Wildman–Crippen MR) is 115 cm³/mol. The van der Waals surface area contributed by atoms with E-state index in [0.29, 0.717) is 31.0 Å². The zero-order valence-electron chi connectivity index (χ0n) is 15.3. The first-order valence-corrected chi connectivity index (χ1v) is 10.3. The van der Waals surface area contributed by atoms with Crippen molar-refractivity contribution in [1.29, 1.82) is 0 Å². The molecule has 0 spiro atoms. The number of aromatic nitrogens is 2. The first-order chi connectivity index (χ1) is 13.5. The van der Waals surface area contributed by atoms with Crippen LogP contribution >= 0.6 is 39.1 Å². The van der Waals surface area contributed by atoms with Crippen LogP contribution in [0.4, 0.5) is 11.5 Å². The minimum Gasteiger partial charge on any atom is -0.378 e. The largest absolute Gasteiger partial charge is 0.378 e. The Balaban J connectivity index is 1.93. The summed E-state index contributed by atoms with van der Waals surface area (Å²) in [5.74, 6) is 0.277. The third kappa shape index (κ3) is 5.26. The number of nitrogens with one attached hydrogen (secondary N) is 2. The highest BCUT2D eigenvalue weighted by Crippen LogP contribution is 2.32. The Kier molecular flexibility index (Phi) is 7.34. The van der Waals surface area contributed by atoms with E-state index < -0.39 is 0 Å². The lowest BCUT2D eigenvalue weighted by Crippen LogP contribution is -2.36. The fraction of sp³-hybridized carbons (Fsp3) is 0.389. The molecule has 1 aliphatic rings. The van der Waals surface area contributed by atoms with Crippen molar-refractivity contribution >= 4 is 56.5 Å². The minimum atomic E-state index is -0.172. The van der Waals surface area contributed by atoms with E-state index in [1.54, 1.807) is 7.05 Å². The van der Waals surface area contributed by atoms with Gasteiger partial charge in [-0.15, -0.1) is 0 Å². The van der Waals surface area contributed by atoms with Crippen LogP contribution in [0.2, 0.25) is 10.4 Å². The molecule has 1 amide bonds. The summed E-state index contributed by atoms with van der Waals surface area (Å²) in [7, 11) is 1.57. The number of morpholine rings is 1. The van der Waals surface area contributed by atoms with Crippen molar-refractivity contribution in [2.24, 2.45) is 0 Å². The average molecular weight is 489 g/mol. The molecule has 7 nitrogen and oxygen atoms in total. The smallest absolute Gasteiger partial charge is 0.239 e. The van der Waals surface area contributed by atoms with Gasteiger partial charge in [-0.05, 0) is 29.3 Å². The second-order valence-corrected chi connectivity index (χ2v) is 7.80. The Bertz CT molecular complexity index is 862. The number of carbonyl (C=O) groups is 1. The standard InChI is InChI=1S/C18H20BrCl2N5O2/c1-22-15(27)10-23-17-13(16(20)24-18(21)25-17)8-11-2-3-12(19)9-14(11)26-4-6-28-7-5-26/h2-3,9H,4-8,10H2,1H3,(H,22,27)(H,23,24,25). The molecular weight excluding hydrogens is 469 g/mol. The third-order valence-electron chi connectivity index (χ3n) is 4.39. The van der Waals surface area contributed by atoms with Crippen LogP contribution in [0, 0.1) is 0 Å². The summed E-state index contributed by atoms with van der Waals surface area (Å²) in [5.41, 5.74) is 2.86. The monoisotopic (exact) mass is 487 g/mol. The van der Waals surface area contributed by atoms with Gasteiger partial charge in [-0.25, -0.2) is 9.97 Å². The number of likely N-dealkylation sites (N-methyl/N-ethyl adjacent to an activating group) is 1. The lowest BCUT2D eigenvalue weighted by Gasteiger charge is -2.31. The Morgan fingerprint density at radius 3 is 2.75 bits per heavy atom.